The van der Waals surface area contributed by atoms with Gasteiger partial charge in [-0.25, -0.2) is 0 Å². The number of ether oxygens (including phenoxy) is 1. The van der Waals surface area contributed by atoms with Crippen LogP contribution in [0.5, 0.6) is 5.75 Å². The average Bonchev–Trinajstić information content (AvgIpc) is 3.35. The van der Waals surface area contributed by atoms with Crippen LogP contribution in [0.15, 0.2) is 72.9 Å². The Balaban J connectivity index is 1.69. The zero-order valence-corrected chi connectivity index (χ0v) is 21.8. The number of methoxy groups -OCH3 is 1. The van der Waals surface area contributed by atoms with E-state index in [9.17, 15) is 0 Å². The summed E-state index contributed by atoms with van der Waals surface area (Å²) in [5, 5.41) is 5.35. The molecule has 0 amide bonds. The van der Waals surface area contributed by atoms with Gasteiger partial charge in [-0.1, -0.05) is 35.3 Å². The Kier molecular flexibility index (Phi) is 6.45. The van der Waals surface area contributed by atoms with Crippen LogP contribution in [0.4, 0.5) is 5.69 Å². The van der Waals surface area contributed by atoms with E-state index in [0.717, 1.165) is 39.8 Å². The lowest BCUT2D eigenvalue weighted by Gasteiger charge is -2.28. The topological polar surface area (TPSA) is 42.3 Å². The van der Waals surface area contributed by atoms with E-state index in [4.69, 9.17) is 40.2 Å². The molecule has 0 aliphatic carbocycles. The monoisotopic (exact) mass is 522 g/mol. The summed E-state index contributed by atoms with van der Waals surface area (Å²) in [4.78, 5) is 6.80. The lowest BCUT2D eigenvalue weighted by molar-refractivity contribution is 0.415. The SMILES string of the molecule is COc1cccc(N2C(=S)N[C@@H](c3ccccn3)[C@H]2c2cc(C)n(-c3ccc(Cl)cc3Cl)c2C)c1. The number of aryl methyl sites for hydroxylation is 1. The summed E-state index contributed by atoms with van der Waals surface area (Å²) < 4.78 is 7.66. The highest BCUT2D eigenvalue weighted by atomic mass is 35.5. The lowest BCUT2D eigenvalue weighted by Crippen LogP contribution is -2.29. The van der Waals surface area contributed by atoms with Gasteiger partial charge in [0, 0.05) is 34.4 Å². The Morgan fingerprint density at radius 2 is 1.83 bits per heavy atom. The van der Waals surface area contributed by atoms with Crippen LogP contribution in [0.1, 0.15) is 34.7 Å². The summed E-state index contributed by atoms with van der Waals surface area (Å²) in [6, 6.07) is 21.3. The van der Waals surface area contributed by atoms with E-state index < -0.39 is 0 Å². The molecule has 1 aliphatic heterocycles. The lowest BCUT2D eigenvalue weighted by atomic mass is 9.96. The number of nitrogens with zero attached hydrogens (tertiary/aromatic N) is 3. The third kappa shape index (κ3) is 4.27. The molecule has 1 N–H and O–H groups in total. The first-order valence-electron chi connectivity index (χ1n) is 11.2. The first-order valence-corrected chi connectivity index (χ1v) is 12.3. The van der Waals surface area contributed by atoms with Gasteiger partial charge in [-0.2, -0.15) is 0 Å². The van der Waals surface area contributed by atoms with Crippen LogP contribution in [0.25, 0.3) is 5.69 Å². The molecule has 35 heavy (non-hydrogen) atoms. The number of nitrogens with one attached hydrogen (secondary N) is 1. The first-order chi connectivity index (χ1) is 16.9. The Morgan fingerprint density at radius 1 is 1.00 bits per heavy atom. The number of anilines is 1. The molecule has 1 saturated heterocycles. The molecule has 0 bridgehead atoms. The molecule has 5 rings (SSSR count). The first kappa shape index (κ1) is 23.7. The van der Waals surface area contributed by atoms with Crippen molar-refractivity contribution in [2.24, 2.45) is 0 Å². The maximum absolute atomic E-state index is 6.61. The standard InChI is InChI=1S/C27H24Cl2N4OS/c1-16-13-21(17(2)32(16)24-11-10-18(28)14-22(24)29)26-25(23-9-4-5-12-30-23)31-27(35)33(26)19-7-6-8-20(15-19)34-3/h4-15,25-26H,1-3H3,(H,31,35)/t25-,26+/m0/s1. The quantitative estimate of drug-likeness (QED) is 0.286. The van der Waals surface area contributed by atoms with Crippen molar-refractivity contribution in [3.05, 3.63) is 106 Å². The van der Waals surface area contributed by atoms with Crippen LogP contribution in [-0.2, 0) is 0 Å². The predicted octanol–water partition coefficient (Wildman–Crippen LogP) is 6.98. The maximum Gasteiger partial charge on any atom is 0.174 e. The van der Waals surface area contributed by atoms with Crippen molar-refractivity contribution < 1.29 is 4.74 Å². The van der Waals surface area contributed by atoms with E-state index in [1.165, 1.54) is 0 Å². The van der Waals surface area contributed by atoms with Crippen molar-refractivity contribution in [1.29, 1.82) is 0 Å². The van der Waals surface area contributed by atoms with Gasteiger partial charge < -0.3 is 19.5 Å². The van der Waals surface area contributed by atoms with Crippen molar-refractivity contribution in [2.75, 3.05) is 12.0 Å². The molecule has 1 aliphatic rings. The number of hydrogen-bond acceptors (Lipinski definition) is 3. The van der Waals surface area contributed by atoms with Crippen LogP contribution in [0.3, 0.4) is 0 Å². The smallest absolute Gasteiger partial charge is 0.174 e. The highest BCUT2D eigenvalue weighted by Gasteiger charge is 2.42. The van der Waals surface area contributed by atoms with Gasteiger partial charge in [-0.3, -0.25) is 4.98 Å². The van der Waals surface area contributed by atoms with E-state index in [-0.39, 0.29) is 12.1 Å². The molecule has 0 spiro atoms. The molecule has 0 saturated carbocycles. The van der Waals surface area contributed by atoms with Crippen LogP contribution in [0.2, 0.25) is 10.0 Å². The number of hydrogen-bond donors (Lipinski definition) is 1. The molecule has 1 fully saturated rings. The fourth-order valence-electron chi connectivity index (χ4n) is 4.83. The molecular formula is C27H24Cl2N4OS. The summed E-state index contributed by atoms with van der Waals surface area (Å²) in [6.07, 6.45) is 1.81. The van der Waals surface area contributed by atoms with Gasteiger partial charge in [0.25, 0.3) is 0 Å². The van der Waals surface area contributed by atoms with Gasteiger partial charge >= 0.3 is 0 Å². The van der Waals surface area contributed by atoms with E-state index in [0.29, 0.717) is 15.2 Å². The van der Waals surface area contributed by atoms with Crippen molar-refractivity contribution in [3.8, 4) is 11.4 Å². The van der Waals surface area contributed by atoms with Gasteiger partial charge in [0.05, 0.1) is 35.6 Å². The van der Waals surface area contributed by atoms with Crippen molar-refractivity contribution in [1.82, 2.24) is 14.9 Å². The second-order valence-corrected chi connectivity index (χ2v) is 9.69. The number of rotatable bonds is 5. The summed E-state index contributed by atoms with van der Waals surface area (Å²) in [7, 11) is 1.66. The Morgan fingerprint density at radius 3 is 2.54 bits per heavy atom. The molecule has 0 radical (unpaired) electrons. The van der Waals surface area contributed by atoms with E-state index in [2.05, 4.69) is 39.7 Å². The number of pyridine rings is 1. The van der Waals surface area contributed by atoms with Gasteiger partial charge in [0.1, 0.15) is 5.75 Å². The zero-order chi connectivity index (χ0) is 24.7. The molecule has 2 aromatic carbocycles. The molecule has 0 unspecified atom stereocenters. The second-order valence-electron chi connectivity index (χ2n) is 8.46. The van der Waals surface area contributed by atoms with Crippen LogP contribution in [-0.4, -0.2) is 21.8 Å². The predicted molar refractivity (Wildman–Crippen MR) is 146 cm³/mol. The van der Waals surface area contributed by atoms with Gasteiger partial charge in [-0.05, 0) is 80.2 Å². The van der Waals surface area contributed by atoms with Gasteiger partial charge in [0.2, 0.25) is 0 Å². The number of thiocarbonyl (C=S) groups is 1. The molecule has 2 aromatic heterocycles. The van der Waals surface area contributed by atoms with E-state index >= 15 is 0 Å². The highest BCUT2D eigenvalue weighted by Crippen LogP contribution is 2.44. The number of aromatic nitrogens is 2. The average molecular weight is 523 g/mol. The largest absolute Gasteiger partial charge is 0.497 e. The number of halogens is 2. The molecule has 178 valence electrons. The Labute approximate surface area is 220 Å². The summed E-state index contributed by atoms with van der Waals surface area (Å²) >= 11 is 18.6. The molecule has 8 heteroatoms. The molecular weight excluding hydrogens is 499 g/mol. The van der Waals surface area contributed by atoms with Crippen LogP contribution < -0.4 is 15.0 Å². The molecule has 4 aromatic rings. The summed E-state index contributed by atoms with van der Waals surface area (Å²) in [5.41, 5.74) is 5.99. The molecule has 5 nitrogen and oxygen atoms in total. The maximum atomic E-state index is 6.61. The second kappa shape index (κ2) is 9.53. The molecule has 2 atom stereocenters. The summed E-state index contributed by atoms with van der Waals surface area (Å²) in [5.74, 6) is 0.767. The highest BCUT2D eigenvalue weighted by molar-refractivity contribution is 7.80. The fraction of sp³-hybridized carbons (Fsp3) is 0.185. The minimum Gasteiger partial charge on any atom is -0.497 e. The van der Waals surface area contributed by atoms with E-state index in [1.807, 2.05) is 60.8 Å². The van der Waals surface area contributed by atoms with Crippen molar-refractivity contribution >= 4 is 46.2 Å². The Hall–Kier alpha value is -3.06. The van der Waals surface area contributed by atoms with E-state index in [1.54, 1.807) is 13.2 Å². The minimum absolute atomic E-state index is 0.143. The van der Waals surface area contributed by atoms with Crippen molar-refractivity contribution in [2.45, 2.75) is 25.9 Å². The van der Waals surface area contributed by atoms with Gasteiger partial charge in [0.15, 0.2) is 5.11 Å². The number of benzene rings is 2. The fourth-order valence-corrected chi connectivity index (χ4v) is 5.67. The third-order valence-electron chi connectivity index (χ3n) is 6.37. The van der Waals surface area contributed by atoms with Gasteiger partial charge in [-0.15, -0.1) is 0 Å². The van der Waals surface area contributed by atoms with Crippen LogP contribution in [0, 0.1) is 13.8 Å². The molecule has 3 heterocycles. The Bertz CT molecular complexity index is 1410. The minimum atomic E-state index is -0.149. The summed E-state index contributed by atoms with van der Waals surface area (Å²) in [6.45, 7) is 4.18. The van der Waals surface area contributed by atoms with Crippen LogP contribution >= 0.6 is 35.4 Å². The normalized spacial score (nSPS) is 17.5. The van der Waals surface area contributed by atoms with Crippen molar-refractivity contribution in [3.63, 3.8) is 0 Å². The third-order valence-corrected chi connectivity index (χ3v) is 7.22. The zero-order valence-electron chi connectivity index (χ0n) is 19.5.